The second-order valence-electron chi connectivity index (χ2n) is 10.1. The molecule has 1 heterocycles. The van der Waals surface area contributed by atoms with Gasteiger partial charge < -0.3 is 20.3 Å². The van der Waals surface area contributed by atoms with E-state index in [0.29, 0.717) is 39.3 Å². The maximum absolute atomic E-state index is 11.4. The Morgan fingerprint density at radius 3 is 2.08 bits per heavy atom. The minimum Gasteiger partial charge on any atom is -0.489 e. The van der Waals surface area contributed by atoms with Gasteiger partial charge in [-0.3, -0.25) is 14.7 Å². The molecule has 0 aliphatic carbocycles. The Hall–Kier alpha value is -4.20. The molecular weight excluding hydrogens is 502 g/mol. The number of carboxylic acid groups (broad SMARTS) is 1. The average molecular weight is 540 g/mol. The molecule has 0 unspecified atom stereocenters. The summed E-state index contributed by atoms with van der Waals surface area (Å²) in [7, 11) is 0. The van der Waals surface area contributed by atoms with E-state index in [1.54, 1.807) is 12.4 Å². The van der Waals surface area contributed by atoms with E-state index in [0.717, 1.165) is 33.8 Å². The molecule has 208 valence electrons. The van der Waals surface area contributed by atoms with Crippen molar-refractivity contribution in [3.8, 4) is 11.5 Å². The number of aromatic nitrogens is 1. The number of hydrogen-bond acceptors (Lipinski definition) is 6. The van der Waals surface area contributed by atoms with Crippen molar-refractivity contribution >= 4 is 5.97 Å². The van der Waals surface area contributed by atoms with Crippen LogP contribution in [0.25, 0.3) is 0 Å². The van der Waals surface area contributed by atoms with Crippen molar-refractivity contribution in [2.45, 2.75) is 52.6 Å². The first kappa shape index (κ1) is 28.8. The zero-order valence-corrected chi connectivity index (χ0v) is 23.1. The van der Waals surface area contributed by atoms with E-state index in [1.807, 2.05) is 48.5 Å². The minimum atomic E-state index is -1.01. The first-order valence-corrected chi connectivity index (χ1v) is 13.5. The standard InChI is InChI=1S/C33H37N3O4/c1-24-7-5-9-26(17-24)22-39-31-12-4-3-11-28(31)20-36(16-14-30(34)33(37)38)21-29-19-35-15-13-32(29)40-23-27-10-6-8-25(2)18-27/h3-13,15,17-19,30H,14,16,20-23,34H2,1-2H3,(H,37,38)/t30-/m0/s1. The number of carbonyl (C=O) groups is 1. The SMILES string of the molecule is Cc1cccc(COc2ccccc2CN(CC[C@H](N)C(=O)O)Cc2cnccc2OCc2cccc(C)c2)c1. The monoisotopic (exact) mass is 539 g/mol. The Bertz CT molecular complexity index is 1310. The smallest absolute Gasteiger partial charge is 0.320 e. The molecule has 3 N–H and O–H groups in total. The Balaban J connectivity index is 1.51. The second kappa shape index (κ2) is 14.3. The number of rotatable bonds is 14. The molecule has 4 rings (SSSR count). The van der Waals surface area contributed by atoms with E-state index >= 15 is 0 Å². The van der Waals surface area contributed by atoms with E-state index in [-0.39, 0.29) is 0 Å². The highest BCUT2D eigenvalue weighted by atomic mass is 16.5. The lowest BCUT2D eigenvalue weighted by atomic mass is 10.1. The van der Waals surface area contributed by atoms with Crippen LogP contribution in [0.15, 0.2) is 91.3 Å². The van der Waals surface area contributed by atoms with Gasteiger partial charge in [0.1, 0.15) is 30.8 Å². The molecule has 0 saturated heterocycles. The molecule has 7 heteroatoms. The molecule has 4 aromatic rings. The topological polar surface area (TPSA) is 97.9 Å². The number of benzene rings is 3. The summed E-state index contributed by atoms with van der Waals surface area (Å²) in [6.45, 7) is 6.56. The Morgan fingerprint density at radius 1 is 0.850 bits per heavy atom. The molecule has 0 amide bonds. The molecule has 0 spiro atoms. The zero-order valence-electron chi connectivity index (χ0n) is 23.1. The summed E-state index contributed by atoms with van der Waals surface area (Å²) in [4.78, 5) is 17.9. The Morgan fingerprint density at radius 2 is 1.45 bits per heavy atom. The highest BCUT2D eigenvalue weighted by Crippen LogP contribution is 2.25. The summed E-state index contributed by atoms with van der Waals surface area (Å²) in [6.07, 6.45) is 3.82. The van der Waals surface area contributed by atoms with Crippen molar-refractivity contribution in [3.05, 3.63) is 125 Å². The highest BCUT2D eigenvalue weighted by molar-refractivity contribution is 5.73. The lowest BCUT2D eigenvalue weighted by molar-refractivity contribution is -0.138. The lowest BCUT2D eigenvalue weighted by Gasteiger charge is -2.25. The summed E-state index contributed by atoms with van der Waals surface area (Å²) in [5.74, 6) is 0.525. The first-order valence-electron chi connectivity index (χ1n) is 13.5. The molecule has 0 aliphatic heterocycles. The van der Waals surface area contributed by atoms with Gasteiger partial charge in [0.15, 0.2) is 0 Å². The summed E-state index contributed by atoms with van der Waals surface area (Å²) < 4.78 is 12.4. The van der Waals surface area contributed by atoms with Gasteiger partial charge in [0.2, 0.25) is 0 Å². The summed E-state index contributed by atoms with van der Waals surface area (Å²) in [6, 6.07) is 25.3. The van der Waals surface area contributed by atoms with Crippen molar-refractivity contribution in [3.63, 3.8) is 0 Å². The predicted molar refractivity (Wildman–Crippen MR) is 156 cm³/mol. The molecule has 3 aromatic carbocycles. The van der Waals surface area contributed by atoms with E-state index < -0.39 is 12.0 Å². The average Bonchev–Trinajstić information content (AvgIpc) is 2.95. The quantitative estimate of drug-likeness (QED) is 0.213. The zero-order chi connectivity index (χ0) is 28.3. The van der Waals surface area contributed by atoms with Crippen molar-refractivity contribution < 1.29 is 19.4 Å². The normalized spacial score (nSPS) is 11.8. The van der Waals surface area contributed by atoms with Gasteiger partial charge in [0, 0.05) is 43.2 Å². The van der Waals surface area contributed by atoms with Crippen LogP contribution in [-0.2, 0) is 31.1 Å². The van der Waals surface area contributed by atoms with Crippen molar-refractivity contribution in [1.82, 2.24) is 9.88 Å². The van der Waals surface area contributed by atoms with Gasteiger partial charge in [-0.15, -0.1) is 0 Å². The maximum atomic E-state index is 11.4. The van der Waals surface area contributed by atoms with Crippen LogP contribution in [0.3, 0.4) is 0 Å². The van der Waals surface area contributed by atoms with Gasteiger partial charge in [-0.1, -0.05) is 77.9 Å². The molecule has 0 radical (unpaired) electrons. The maximum Gasteiger partial charge on any atom is 0.320 e. The number of carboxylic acids is 1. The Kier molecular flexibility index (Phi) is 10.3. The van der Waals surface area contributed by atoms with Crippen molar-refractivity contribution in [2.75, 3.05) is 6.54 Å². The number of nitrogens with two attached hydrogens (primary N) is 1. The third kappa shape index (κ3) is 8.66. The van der Waals surface area contributed by atoms with Crippen LogP contribution in [0.4, 0.5) is 0 Å². The van der Waals surface area contributed by atoms with Gasteiger partial charge in [-0.05, 0) is 43.5 Å². The fourth-order valence-electron chi connectivity index (χ4n) is 4.52. The number of aliphatic carboxylic acids is 1. The van der Waals surface area contributed by atoms with Gasteiger partial charge >= 0.3 is 5.97 Å². The molecule has 7 nitrogen and oxygen atoms in total. The summed E-state index contributed by atoms with van der Waals surface area (Å²) in [5, 5.41) is 9.36. The Labute approximate surface area is 236 Å². The number of nitrogens with zero attached hydrogens (tertiary/aromatic N) is 2. The van der Waals surface area contributed by atoms with Crippen LogP contribution in [0.5, 0.6) is 11.5 Å². The van der Waals surface area contributed by atoms with E-state index in [9.17, 15) is 9.90 Å². The van der Waals surface area contributed by atoms with E-state index in [2.05, 4.69) is 54.1 Å². The third-order valence-electron chi connectivity index (χ3n) is 6.65. The van der Waals surface area contributed by atoms with Crippen LogP contribution in [0.1, 0.15) is 39.8 Å². The van der Waals surface area contributed by atoms with E-state index in [4.69, 9.17) is 15.2 Å². The highest BCUT2D eigenvalue weighted by Gasteiger charge is 2.18. The summed E-state index contributed by atoms with van der Waals surface area (Å²) >= 11 is 0. The second-order valence-corrected chi connectivity index (χ2v) is 10.1. The minimum absolute atomic E-state index is 0.307. The molecule has 1 aromatic heterocycles. The summed E-state index contributed by atoms with van der Waals surface area (Å²) in [5.41, 5.74) is 12.4. The lowest BCUT2D eigenvalue weighted by Crippen LogP contribution is -2.35. The fraction of sp³-hybridized carbons (Fsp3) is 0.273. The van der Waals surface area contributed by atoms with Gasteiger partial charge in [-0.2, -0.15) is 0 Å². The van der Waals surface area contributed by atoms with E-state index in [1.165, 1.54) is 11.1 Å². The molecule has 0 bridgehead atoms. The molecule has 0 fully saturated rings. The first-order chi connectivity index (χ1) is 19.4. The van der Waals surface area contributed by atoms with Crippen LogP contribution < -0.4 is 15.2 Å². The molecule has 1 atom stereocenters. The van der Waals surface area contributed by atoms with Gasteiger partial charge in [0.25, 0.3) is 0 Å². The van der Waals surface area contributed by atoms with Gasteiger partial charge in [-0.25, -0.2) is 0 Å². The van der Waals surface area contributed by atoms with Gasteiger partial charge in [0.05, 0.1) is 0 Å². The van der Waals surface area contributed by atoms with Crippen LogP contribution in [0.2, 0.25) is 0 Å². The number of pyridine rings is 1. The number of hydrogen-bond donors (Lipinski definition) is 2. The molecular formula is C33H37N3O4. The van der Waals surface area contributed by atoms with Crippen LogP contribution >= 0.6 is 0 Å². The van der Waals surface area contributed by atoms with Crippen LogP contribution in [0, 0.1) is 13.8 Å². The largest absolute Gasteiger partial charge is 0.489 e. The predicted octanol–water partition coefficient (Wildman–Crippen LogP) is 5.66. The fourth-order valence-corrected chi connectivity index (χ4v) is 4.52. The molecule has 40 heavy (non-hydrogen) atoms. The number of ether oxygens (including phenoxy) is 2. The number of para-hydroxylation sites is 1. The third-order valence-corrected chi connectivity index (χ3v) is 6.65. The van der Waals surface area contributed by atoms with Crippen molar-refractivity contribution in [2.24, 2.45) is 5.73 Å². The number of aryl methyl sites for hydroxylation is 2. The molecule has 0 aliphatic rings. The van der Waals surface area contributed by atoms with Crippen LogP contribution in [-0.4, -0.2) is 33.5 Å². The molecule has 0 saturated carbocycles. The van der Waals surface area contributed by atoms with Crippen molar-refractivity contribution in [1.29, 1.82) is 0 Å².